The van der Waals surface area contributed by atoms with Crippen LogP contribution in [-0.4, -0.2) is 34.7 Å². The highest BCUT2D eigenvalue weighted by atomic mass is 35.5. The lowest BCUT2D eigenvalue weighted by molar-refractivity contribution is 0.0996. The van der Waals surface area contributed by atoms with Crippen LogP contribution in [0.3, 0.4) is 0 Å². The molecule has 1 saturated heterocycles. The van der Waals surface area contributed by atoms with E-state index in [1.807, 2.05) is 25.1 Å². The van der Waals surface area contributed by atoms with E-state index in [9.17, 15) is 9.59 Å². The van der Waals surface area contributed by atoms with Gasteiger partial charge in [-0.25, -0.2) is 4.68 Å². The number of aromatic nitrogens is 2. The number of amides is 2. The van der Waals surface area contributed by atoms with E-state index in [4.69, 9.17) is 17.3 Å². The normalized spacial score (nSPS) is 13.8. The van der Waals surface area contributed by atoms with Crippen molar-refractivity contribution in [2.45, 2.75) is 26.2 Å². The van der Waals surface area contributed by atoms with E-state index >= 15 is 0 Å². The molecule has 160 valence electrons. The summed E-state index contributed by atoms with van der Waals surface area (Å²) in [7, 11) is 0. The number of primary amides is 1. The highest BCUT2D eigenvalue weighted by Gasteiger charge is 2.20. The van der Waals surface area contributed by atoms with Gasteiger partial charge in [-0.05, 0) is 68.7 Å². The summed E-state index contributed by atoms with van der Waals surface area (Å²) in [5.41, 5.74) is 9.24. The van der Waals surface area contributed by atoms with Gasteiger partial charge in [-0.3, -0.25) is 9.59 Å². The maximum Gasteiger partial charge on any atom is 0.259 e. The zero-order chi connectivity index (χ0) is 22.0. The van der Waals surface area contributed by atoms with Gasteiger partial charge in [0.2, 0.25) is 5.91 Å². The van der Waals surface area contributed by atoms with Crippen LogP contribution < -0.4 is 16.0 Å². The molecule has 2 aromatic carbocycles. The Morgan fingerprint density at radius 3 is 2.45 bits per heavy atom. The van der Waals surface area contributed by atoms with Crippen LogP contribution in [0.5, 0.6) is 0 Å². The third kappa shape index (κ3) is 4.41. The summed E-state index contributed by atoms with van der Waals surface area (Å²) >= 11 is 5.97. The maximum absolute atomic E-state index is 13.1. The number of rotatable bonds is 5. The second-order valence-electron chi connectivity index (χ2n) is 7.63. The summed E-state index contributed by atoms with van der Waals surface area (Å²) in [6, 6.07) is 12.4. The van der Waals surface area contributed by atoms with Gasteiger partial charge in [0.1, 0.15) is 0 Å². The molecule has 0 atom stereocenters. The van der Waals surface area contributed by atoms with Gasteiger partial charge in [-0.1, -0.05) is 11.6 Å². The molecule has 0 bridgehead atoms. The number of piperidine rings is 1. The van der Waals surface area contributed by atoms with Crippen LogP contribution in [0.2, 0.25) is 5.02 Å². The number of hydrogen-bond acceptors (Lipinski definition) is 4. The van der Waals surface area contributed by atoms with Gasteiger partial charge in [-0.15, -0.1) is 0 Å². The molecule has 3 aromatic rings. The smallest absolute Gasteiger partial charge is 0.259 e. The summed E-state index contributed by atoms with van der Waals surface area (Å²) in [4.78, 5) is 27.1. The van der Waals surface area contributed by atoms with E-state index < -0.39 is 5.91 Å². The first-order chi connectivity index (χ1) is 14.9. The molecule has 2 amide bonds. The topological polar surface area (TPSA) is 93.2 Å². The molecule has 0 unspecified atom stereocenters. The second-order valence-corrected chi connectivity index (χ2v) is 8.07. The van der Waals surface area contributed by atoms with Crippen molar-refractivity contribution in [3.8, 4) is 5.69 Å². The lowest BCUT2D eigenvalue weighted by Crippen LogP contribution is -2.30. The Bertz CT molecular complexity index is 1120. The fourth-order valence-electron chi connectivity index (χ4n) is 3.86. The average molecular weight is 438 g/mol. The van der Waals surface area contributed by atoms with E-state index in [1.165, 1.54) is 12.6 Å². The van der Waals surface area contributed by atoms with Crippen LogP contribution in [0.25, 0.3) is 5.69 Å². The lowest BCUT2D eigenvalue weighted by Gasteiger charge is -2.30. The van der Waals surface area contributed by atoms with Crippen molar-refractivity contribution in [2.24, 2.45) is 5.73 Å². The number of nitrogens with zero attached hydrogens (tertiary/aromatic N) is 3. The highest BCUT2D eigenvalue weighted by molar-refractivity contribution is 6.30. The van der Waals surface area contributed by atoms with Crippen molar-refractivity contribution in [2.75, 3.05) is 23.3 Å². The predicted octanol–water partition coefficient (Wildman–Crippen LogP) is 4.18. The van der Waals surface area contributed by atoms with Crippen molar-refractivity contribution in [1.82, 2.24) is 9.78 Å². The molecule has 1 fully saturated rings. The van der Waals surface area contributed by atoms with Crippen LogP contribution in [0.1, 0.15) is 45.7 Å². The summed E-state index contributed by atoms with van der Waals surface area (Å²) < 4.78 is 1.69. The molecular weight excluding hydrogens is 414 g/mol. The van der Waals surface area contributed by atoms with E-state index in [-0.39, 0.29) is 5.91 Å². The van der Waals surface area contributed by atoms with Gasteiger partial charge in [-0.2, -0.15) is 5.10 Å². The Hall–Kier alpha value is -3.32. The number of carbonyl (C=O) groups excluding carboxylic acids is 2. The minimum absolute atomic E-state index is 0.294. The van der Waals surface area contributed by atoms with Crippen LogP contribution in [0.15, 0.2) is 48.7 Å². The molecule has 1 aliphatic heterocycles. The molecule has 3 N–H and O–H groups in total. The zero-order valence-electron chi connectivity index (χ0n) is 17.3. The van der Waals surface area contributed by atoms with Crippen molar-refractivity contribution < 1.29 is 9.59 Å². The molecule has 0 saturated carbocycles. The Morgan fingerprint density at radius 1 is 1.06 bits per heavy atom. The Balaban J connectivity index is 1.64. The van der Waals surface area contributed by atoms with E-state index in [0.717, 1.165) is 37.3 Å². The third-order valence-corrected chi connectivity index (χ3v) is 5.80. The molecule has 7 nitrogen and oxygen atoms in total. The number of anilines is 2. The van der Waals surface area contributed by atoms with Gasteiger partial charge in [0, 0.05) is 23.7 Å². The number of benzene rings is 2. The predicted molar refractivity (Wildman–Crippen MR) is 122 cm³/mol. The first kappa shape index (κ1) is 20.9. The van der Waals surface area contributed by atoms with Gasteiger partial charge in [0.15, 0.2) is 0 Å². The minimum atomic E-state index is -0.535. The number of hydrogen-bond donors (Lipinski definition) is 2. The quantitative estimate of drug-likeness (QED) is 0.626. The van der Waals surface area contributed by atoms with Gasteiger partial charge in [0.05, 0.1) is 34.5 Å². The molecule has 0 aliphatic carbocycles. The molecule has 0 radical (unpaired) electrons. The molecule has 0 spiro atoms. The van der Waals surface area contributed by atoms with E-state index in [0.29, 0.717) is 27.5 Å². The molecular formula is C23H24ClN5O2. The first-order valence-electron chi connectivity index (χ1n) is 10.2. The Kier molecular flexibility index (Phi) is 5.95. The first-order valence-corrected chi connectivity index (χ1v) is 10.6. The number of nitrogens with one attached hydrogen (secondary N) is 1. The standard InChI is InChI=1S/C23H24ClN5O2/c1-15-19(14-26-29(15)18-8-6-17(24)7-9-18)23(31)27-20-13-16(22(25)30)5-10-21(20)28-11-3-2-4-12-28/h5-10,13-14H,2-4,11-12H2,1H3,(H2,25,30)(H,27,31). The van der Waals surface area contributed by atoms with Gasteiger partial charge >= 0.3 is 0 Å². The van der Waals surface area contributed by atoms with Crippen LogP contribution in [-0.2, 0) is 0 Å². The van der Waals surface area contributed by atoms with Crippen molar-refractivity contribution >= 4 is 34.8 Å². The number of nitrogens with two attached hydrogens (primary N) is 1. The lowest BCUT2D eigenvalue weighted by atomic mass is 10.1. The van der Waals surface area contributed by atoms with Crippen LogP contribution in [0, 0.1) is 6.92 Å². The van der Waals surface area contributed by atoms with Crippen LogP contribution in [0.4, 0.5) is 11.4 Å². The summed E-state index contributed by atoms with van der Waals surface area (Å²) in [6.07, 6.45) is 4.92. The third-order valence-electron chi connectivity index (χ3n) is 5.55. The summed E-state index contributed by atoms with van der Waals surface area (Å²) in [5.74, 6) is -0.829. The fraction of sp³-hybridized carbons (Fsp3) is 0.261. The fourth-order valence-corrected chi connectivity index (χ4v) is 3.99. The number of carbonyl (C=O) groups is 2. The second kappa shape index (κ2) is 8.81. The SMILES string of the molecule is Cc1c(C(=O)Nc2cc(C(N)=O)ccc2N2CCCCC2)cnn1-c1ccc(Cl)cc1. The van der Waals surface area contributed by atoms with Gasteiger partial charge in [0.25, 0.3) is 5.91 Å². The Morgan fingerprint density at radius 2 is 1.77 bits per heavy atom. The Labute approximate surface area is 185 Å². The monoisotopic (exact) mass is 437 g/mol. The molecule has 4 rings (SSSR count). The maximum atomic E-state index is 13.1. The highest BCUT2D eigenvalue weighted by Crippen LogP contribution is 2.30. The van der Waals surface area contributed by atoms with Crippen molar-refractivity contribution in [3.05, 3.63) is 70.5 Å². The molecule has 1 aromatic heterocycles. The molecule has 1 aliphatic rings. The van der Waals surface area contributed by atoms with E-state index in [2.05, 4.69) is 15.3 Å². The number of halogens is 1. The summed E-state index contributed by atoms with van der Waals surface area (Å²) in [6.45, 7) is 3.65. The molecule has 2 heterocycles. The van der Waals surface area contributed by atoms with E-state index in [1.54, 1.807) is 28.9 Å². The van der Waals surface area contributed by atoms with Crippen LogP contribution >= 0.6 is 11.6 Å². The molecule has 31 heavy (non-hydrogen) atoms. The minimum Gasteiger partial charge on any atom is -0.370 e. The van der Waals surface area contributed by atoms with Crippen molar-refractivity contribution in [3.63, 3.8) is 0 Å². The molecule has 8 heteroatoms. The summed E-state index contributed by atoms with van der Waals surface area (Å²) in [5, 5.41) is 7.97. The zero-order valence-corrected chi connectivity index (χ0v) is 18.0. The average Bonchev–Trinajstić information content (AvgIpc) is 3.16. The largest absolute Gasteiger partial charge is 0.370 e. The van der Waals surface area contributed by atoms with Crippen molar-refractivity contribution in [1.29, 1.82) is 0 Å². The van der Waals surface area contributed by atoms with Gasteiger partial charge < -0.3 is 16.0 Å².